The van der Waals surface area contributed by atoms with Crippen molar-refractivity contribution in [1.29, 1.82) is 0 Å². The molecule has 2 heterocycles. The summed E-state index contributed by atoms with van der Waals surface area (Å²) in [4.78, 5) is 0. The third-order valence-corrected chi connectivity index (χ3v) is 6.02. The molecule has 0 amide bonds. The number of hydrogen-bond donors (Lipinski definition) is 3. The molecule has 1 saturated heterocycles. The zero-order valence-electron chi connectivity index (χ0n) is 19.2. The Balaban J connectivity index is 1.30. The van der Waals surface area contributed by atoms with E-state index >= 15 is 0 Å². The predicted molar refractivity (Wildman–Crippen MR) is 130 cm³/mol. The topological polar surface area (TPSA) is 80.6 Å². The molecule has 0 saturated carbocycles. The molecule has 4 aromatic rings. The van der Waals surface area contributed by atoms with E-state index in [4.69, 9.17) is 9.47 Å². The molecule has 1 aromatic heterocycles. The Morgan fingerprint density at radius 2 is 1.71 bits per heavy atom. The summed E-state index contributed by atoms with van der Waals surface area (Å²) >= 11 is 0. The third kappa shape index (κ3) is 4.62. The van der Waals surface area contributed by atoms with Crippen LogP contribution in [-0.4, -0.2) is 27.0 Å². The minimum absolute atomic E-state index is 0.0566. The van der Waals surface area contributed by atoms with Gasteiger partial charge in [0.2, 0.25) is 0 Å². The second-order valence-corrected chi connectivity index (χ2v) is 8.54. The summed E-state index contributed by atoms with van der Waals surface area (Å²) in [6.07, 6.45) is 3.54. The van der Waals surface area contributed by atoms with Gasteiger partial charge in [0.25, 0.3) is 0 Å². The van der Waals surface area contributed by atoms with E-state index in [9.17, 15) is 5.11 Å². The molecule has 1 fully saturated rings. The van der Waals surface area contributed by atoms with Crippen molar-refractivity contribution in [2.75, 3.05) is 0 Å². The van der Waals surface area contributed by atoms with Gasteiger partial charge in [0, 0.05) is 23.4 Å². The average Bonchev–Trinajstić information content (AvgIpc) is 3.46. The van der Waals surface area contributed by atoms with Crippen LogP contribution in [0.25, 0.3) is 5.69 Å². The van der Waals surface area contributed by atoms with Crippen molar-refractivity contribution in [3.63, 3.8) is 0 Å². The molecule has 3 aromatic carbocycles. The lowest BCUT2D eigenvalue weighted by Gasteiger charge is -2.25. The minimum atomic E-state index is -0.214. The van der Waals surface area contributed by atoms with Crippen molar-refractivity contribution in [1.82, 2.24) is 20.6 Å². The third-order valence-electron chi connectivity index (χ3n) is 6.02. The van der Waals surface area contributed by atoms with Gasteiger partial charge in [0.1, 0.15) is 30.0 Å². The largest absolute Gasteiger partial charge is 0.507 e. The summed E-state index contributed by atoms with van der Waals surface area (Å²) in [5.74, 6) is 1.57. The fourth-order valence-electron chi connectivity index (χ4n) is 4.30. The molecule has 1 aliphatic heterocycles. The Morgan fingerprint density at radius 1 is 0.971 bits per heavy atom. The number of para-hydroxylation sites is 2. The van der Waals surface area contributed by atoms with Crippen LogP contribution in [0.3, 0.4) is 0 Å². The monoisotopic (exact) mass is 456 g/mol. The van der Waals surface area contributed by atoms with Crippen molar-refractivity contribution in [3.8, 4) is 22.9 Å². The quantitative estimate of drug-likeness (QED) is 0.381. The minimum Gasteiger partial charge on any atom is -0.507 e. The molecular formula is C27H28N4O3. The number of nitrogens with one attached hydrogen (secondary N) is 2. The predicted octanol–water partition coefficient (Wildman–Crippen LogP) is 4.45. The number of hydrazine groups is 1. The summed E-state index contributed by atoms with van der Waals surface area (Å²) < 4.78 is 14.1. The first-order valence-corrected chi connectivity index (χ1v) is 11.4. The SMILES string of the molecule is Cc1cc(OCc2cnn(-c3ccccc3)c2)cc(O)c1C1NNC(C)C1Oc1ccccc1. The van der Waals surface area contributed by atoms with E-state index in [0.29, 0.717) is 12.4 Å². The van der Waals surface area contributed by atoms with Crippen LogP contribution >= 0.6 is 0 Å². The second kappa shape index (κ2) is 9.59. The van der Waals surface area contributed by atoms with Crippen LogP contribution < -0.4 is 20.3 Å². The van der Waals surface area contributed by atoms with Crippen molar-refractivity contribution in [2.45, 2.75) is 38.6 Å². The van der Waals surface area contributed by atoms with Crippen molar-refractivity contribution in [3.05, 3.63) is 102 Å². The number of rotatable bonds is 7. The van der Waals surface area contributed by atoms with Gasteiger partial charge in [-0.1, -0.05) is 36.4 Å². The molecule has 174 valence electrons. The van der Waals surface area contributed by atoms with Crippen molar-refractivity contribution < 1.29 is 14.6 Å². The molecule has 34 heavy (non-hydrogen) atoms. The van der Waals surface area contributed by atoms with Crippen LogP contribution in [0.4, 0.5) is 0 Å². The number of hydrogen-bond acceptors (Lipinski definition) is 6. The van der Waals surface area contributed by atoms with E-state index < -0.39 is 0 Å². The van der Waals surface area contributed by atoms with E-state index in [0.717, 1.165) is 28.1 Å². The molecule has 3 atom stereocenters. The van der Waals surface area contributed by atoms with Gasteiger partial charge in [-0.2, -0.15) is 5.10 Å². The molecule has 0 aliphatic carbocycles. The molecule has 7 nitrogen and oxygen atoms in total. The average molecular weight is 457 g/mol. The maximum atomic E-state index is 10.9. The molecule has 0 radical (unpaired) electrons. The molecule has 3 N–H and O–H groups in total. The molecule has 0 spiro atoms. The van der Waals surface area contributed by atoms with Crippen LogP contribution in [-0.2, 0) is 6.61 Å². The summed E-state index contributed by atoms with van der Waals surface area (Å²) in [7, 11) is 0. The Kier molecular flexibility index (Phi) is 6.20. The van der Waals surface area contributed by atoms with Crippen LogP contribution in [0.1, 0.15) is 29.7 Å². The normalized spacial score (nSPS) is 19.8. The maximum Gasteiger partial charge on any atom is 0.136 e. The highest BCUT2D eigenvalue weighted by Gasteiger charge is 2.38. The van der Waals surface area contributed by atoms with Gasteiger partial charge < -0.3 is 14.6 Å². The molecule has 5 rings (SSSR count). The number of phenolic OH excluding ortho intramolecular Hbond substituents is 1. The highest BCUT2D eigenvalue weighted by Crippen LogP contribution is 2.37. The first-order valence-electron chi connectivity index (χ1n) is 11.4. The Bertz CT molecular complexity index is 1220. The Morgan fingerprint density at radius 3 is 2.44 bits per heavy atom. The number of benzene rings is 3. The van der Waals surface area contributed by atoms with Gasteiger partial charge in [0.05, 0.1) is 24.0 Å². The lowest BCUT2D eigenvalue weighted by Crippen LogP contribution is -2.33. The van der Waals surface area contributed by atoms with Crippen LogP contribution in [0.2, 0.25) is 0 Å². The molecule has 3 unspecified atom stereocenters. The lowest BCUT2D eigenvalue weighted by atomic mass is 9.94. The first kappa shape index (κ1) is 22.0. The molecule has 7 heteroatoms. The second-order valence-electron chi connectivity index (χ2n) is 8.54. The zero-order chi connectivity index (χ0) is 23.5. The van der Waals surface area contributed by atoms with Gasteiger partial charge in [-0.25, -0.2) is 10.1 Å². The summed E-state index contributed by atoms with van der Waals surface area (Å²) in [5.41, 5.74) is 10.2. The fraction of sp³-hybridized carbons (Fsp3) is 0.222. The number of phenols is 1. The molecule has 1 aliphatic rings. The number of nitrogens with zero attached hydrogens (tertiary/aromatic N) is 2. The van der Waals surface area contributed by atoms with Crippen LogP contribution in [0.5, 0.6) is 17.2 Å². The number of aromatic hydroxyl groups is 1. The van der Waals surface area contributed by atoms with Gasteiger partial charge >= 0.3 is 0 Å². The number of aromatic nitrogens is 2. The van der Waals surface area contributed by atoms with Crippen LogP contribution in [0.15, 0.2) is 85.2 Å². The standard InChI is InChI=1S/C27H28N4O3/c1-18-13-23(33-17-20-15-28-31(16-20)21-9-5-3-6-10-21)14-24(32)25(18)26-27(19(2)29-30-26)34-22-11-7-4-8-12-22/h3-16,19,26-27,29-30,32H,17H2,1-2H3. The van der Waals surface area contributed by atoms with E-state index in [1.807, 2.05) is 84.5 Å². The summed E-state index contributed by atoms with van der Waals surface area (Å²) in [6.45, 7) is 4.38. The highest BCUT2D eigenvalue weighted by atomic mass is 16.5. The lowest BCUT2D eigenvalue weighted by molar-refractivity contribution is 0.170. The Hall–Kier alpha value is -3.81. The van der Waals surface area contributed by atoms with Crippen LogP contribution in [0, 0.1) is 6.92 Å². The van der Waals surface area contributed by atoms with Crippen molar-refractivity contribution >= 4 is 0 Å². The highest BCUT2D eigenvalue weighted by molar-refractivity contribution is 5.48. The first-order chi connectivity index (χ1) is 16.6. The number of ether oxygens (including phenoxy) is 2. The van der Waals surface area contributed by atoms with Gasteiger partial charge in [-0.3, -0.25) is 5.43 Å². The van der Waals surface area contributed by atoms with Gasteiger partial charge in [-0.05, 0) is 49.7 Å². The maximum absolute atomic E-state index is 10.9. The molecule has 0 bridgehead atoms. The van der Waals surface area contributed by atoms with E-state index in [2.05, 4.69) is 22.9 Å². The fourth-order valence-corrected chi connectivity index (χ4v) is 4.30. The smallest absolute Gasteiger partial charge is 0.136 e. The van der Waals surface area contributed by atoms with E-state index in [-0.39, 0.29) is 23.9 Å². The zero-order valence-corrected chi connectivity index (χ0v) is 19.2. The molecular weight excluding hydrogens is 428 g/mol. The number of aryl methyl sites for hydroxylation is 1. The van der Waals surface area contributed by atoms with E-state index in [1.165, 1.54) is 0 Å². The van der Waals surface area contributed by atoms with Gasteiger partial charge in [-0.15, -0.1) is 0 Å². The summed E-state index contributed by atoms with van der Waals surface area (Å²) in [5, 5.41) is 15.3. The Labute approximate surface area is 198 Å². The van der Waals surface area contributed by atoms with Crippen molar-refractivity contribution in [2.24, 2.45) is 0 Å². The van der Waals surface area contributed by atoms with E-state index in [1.54, 1.807) is 12.3 Å². The summed E-state index contributed by atoms with van der Waals surface area (Å²) in [6, 6.07) is 23.1. The van der Waals surface area contributed by atoms with Gasteiger partial charge in [0.15, 0.2) is 0 Å².